The summed E-state index contributed by atoms with van der Waals surface area (Å²) in [4.78, 5) is 8.83. The second kappa shape index (κ2) is 9.43. The van der Waals surface area contributed by atoms with E-state index in [-0.39, 0.29) is 0 Å². The molecule has 1 aliphatic heterocycles. The van der Waals surface area contributed by atoms with Gasteiger partial charge in [-0.15, -0.1) is 0 Å². The molecule has 2 aromatic carbocycles. The van der Waals surface area contributed by atoms with Crippen molar-refractivity contribution in [1.29, 1.82) is 5.26 Å². The van der Waals surface area contributed by atoms with E-state index in [0.717, 1.165) is 55.3 Å². The lowest BCUT2D eigenvalue weighted by molar-refractivity contribution is 0.317. The quantitative estimate of drug-likeness (QED) is 0.565. The predicted molar refractivity (Wildman–Crippen MR) is 120 cm³/mol. The third-order valence-corrected chi connectivity index (χ3v) is 5.29. The Morgan fingerprint density at radius 2 is 1.61 bits per heavy atom. The summed E-state index contributed by atoms with van der Waals surface area (Å²) in [5, 5.41) is 9.59. The monoisotopic (exact) mass is 418 g/mol. The van der Waals surface area contributed by atoms with Gasteiger partial charge in [-0.3, -0.25) is 0 Å². The molecule has 0 amide bonds. The molecule has 4 rings (SSSR count). The summed E-state index contributed by atoms with van der Waals surface area (Å²) in [5.74, 6) is 2.65. The summed E-state index contributed by atoms with van der Waals surface area (Å²) < 4.78 is 16.9. The minimum Gasteiger partial charge on any atom is -0.497 e. The smallest absolute Gasteiger partial charge is 0.235 e. The fourth-order valence-corrected chi connectivity index (χ4v) is 3.60. The fraction of sp³-hybridized carbons (Fsp3) is 0.333. The fourth-order valence-electron chi connectivity index (χ4n) is 3.60. The SMILES string of the molecule is CCCOc1ccc(-c2nc(C#N)c(N3CCN(c4ccc(OC)cc4)CC3)o2)cc1. The van der Waals surface area contributed by atoms with Gasteiger partial charge in [0.25, 0.3) is 0 Å². The second-order valence-electron chi connectivity index (χ2n) is 7.33. The highest BCUT2D eigenvalue weighted by Gasteiger charge is 2.24. The number of nitriles is 1. The average molecular weight is 418 g/mol. The standard InChI is InChI=1S/C24H26N4O3/c1-3-16-30-21-8-4-18(5-9-21)23-26-22(17-25)24(31-23)28-14-12-27(13-15-28)19-6-10-20(29-2)11-7-19/h4-11H,3,12-16H2,1-2H3. The molecule has 0 saturated carbocycles. The van der Waals surface area contributed by atoms with Crippen LogP contribution < -0.4 is 19.3 Å². The number of hydrogen-bond donors (Lipinski definition) is 0. The van der Waals surface area contributed by atoms with Crippen molar-refractivity contribution in [3.05, 3.63) is 54.2 Å². The van der Waals surface area contributed by atoms with E-state index in [1.54, 1.807) is 7.11 Å². The lowest BCUT2D eigenvalue weighted by Gasteiger charge is -2.35. The molecule has 1 fully saturated rings. The molecule has 0 spiro atoms. The Morgan fingerprint density at radius 3 is 2.23 bits per heavy atom. The molecule has 0 atom stereocenters. The maximum atomic E-state index is 9.59. The van der Waals surface area contributed by atoms with E-state index in [9.17, 15) is 5.26 Å². The Labute approximate surface area is 182 Å². The van der Waals surface area contributed by atoms with E-state index in [0.29, 0.717) is 24.1 Å². The van der Waals surface area contributed by atoms with Gasteiger partial charge in [-0.2, -0.15) is 10.2 Å². The number of oxazole rings is 1. The predicted octanol–water partition coefficient (Wildman–Crippen LogP) is 4.34. The van der Waals surface area contributed by atoms with Crippen LogP contribution in [0.4, 0.5) is 11.6 Å². The van der Waals surface area contributed by atoms with E-state index < -0.39 is 0 Å². The first kappa shape index (κ1) is 20.6. The van der Waals surface area contributed by atoms with E-state index in [1.807, 2.05) is 36.4 Å². The summed E-state index contributed by atoms with van der Waals surface area (Å²) in [6.07, 6.45) is 0.960. The Balaban J connectivity index is 1.45. The molecule has 1 aromatic heterocycles. The van der Waals surface area contributed by atoms with Gasteiger partial charge in [-0.1, -0.05) is 6.92 Å². The highest BCUT2D eigenvalue weighted by Crippen LogP contribution is 2.30. The van der Waals surface area contributed by atoms with Crippen LogP contribution in [0, 0.1) is 11.3 Å². The van der Waals surface area contributed by atoms with Gasteiger partial charge in [0.15, 0.2) is 0 Å². The Morgan fingerprint density at radius 1 is 0.968 bits per heavy atom. The van der Waals surface area contributed by atoms with Gasteiger partial charge in [0.05, 0.1) is 13.7 Å². The molecule has 160 valence electrons. The van der Waals surface area contributed by atoms with Crippen LogP contribution in [0.1, 0.15) is 19.0 Å². The van der Waals surface area contributed by atoms with Crippen molar-refractivity contribution in [2.45, 2.75) is 13.3 Å². The molecule has 0 unspecified atom stereocenters. The van der Waals surface area contributed by atoms with E-state index in [2.05, 4.69) is 39.9 Å². The van der Waals surface area contributed by atoms with Crippen LogP contribution in [0.5, 0.6) is 11.5 Å². The number of anilines is 2. The highest BCUT2D eigenvalue weighted by atomic mass is 16.5. The molecule has 2 heterocycles. The zero-order valence-corrected chi connectivity index (χ0v) is 17.9. The van der Waals surface area contributed by atoms with Gasteiger partial charge in [0.2, 0.25) is 17.5 Å². The summed E-state index contributed by atoms with van der Waals surface area (Å²) in [6.45, 7) is 5.91. The molecule has 1 saturated heterocycles. The van der Waals surface area contributed by atoms with Crippen LogP contribution in [0.15, 0.2) is 52.9 Å². The largest absolute Gasteiger partial charge is 0.497 e. The maximum absolute atomic E-state index is 9.59. The number of ether oxygens (including phenoxy) is 2. The molecule has 31 heavy (non-hydrogen) atoms. The highest BCUT2D eigenvalue weighted by molar-refractivity contribution is 5.61. The van der Waals surface area contributed by atoms with Gasteiger partial charge in [-0.05, 0) is 55.0 Å². The molecule has 1 aliphatic rings. The first-order chi connectivity index (χ1) is 15.2. The molecular formula is C24H26N4O3. The minimum atomic E-state index is 0.319. The van der Waals surface area contributed by atoms with Crippen LogP contribution in [-0.4, -0.2) is 44.9 Å². The molecule has 0 N–H and O–H groups in total. The molecule has 3 aromatic rings. The lowest BCUT2D eigenvalue weighted by atomic mass is 10.2. The van der Waals surface area contributed by atoms with Crippen molar-refractivity contribution in [2.75, 3.05) is 49.7 Å². The number of piperazine rings is 1. The summed E-state index contributed by atoms with van der Waals surface area (Å²) in [6, 6.07) is 17.9. The molecule has 0 aliphatic carbocycles. The minimum absolute atomic E-state index is 0.319. The topological polar surface area (TPSA) is 74.8 Å². The van der Waals surface area contributed by atoms with Crippen molar-refractivity contribution in [3.8, 4) is 29.0 Å². The number of aromatic nitrogens is 1. The maximum Gasteiger partial charge on any atom is 0.235 e. The molecule has 0 radical (unpaired) electrons. The van der Waals surface area contributed by atoms with Gasteiger partial charge in [0, 0.05) is 37.4 Å². The van der Waals surface area contributed by atoms with Crippen LogP contribution >= 0.6 is 0 Å². The van der Waals surface area contributed by atoms with Crippen molar-refractivity contribution in [2.24, 2.45) is 0 Å². The normalized spacial score (nSPS) is 13.7. The van der Waals surface area contributed by atoms with Crippen molar-refractivity contribution in [1.82, 2.24) is 4.98 Å². The van der Waals surface area contributed by atoms with Crippen molar-refractivity contribution >= 4 is 11.6 Å². The van der Waals surface area contributed by atoms with E-state index in [1.165, 1.54) is 0 Å². The number of nitrogens with zero attached hydrogens (tertiary/aromatic N) is 4. The molecule has 0 bridgehead atoms. The Bertz CT molecular complexity index is 1030. The zero-order chi connectivity index (χ0) is 21.6. The van der Waals surface area contributed by atoms with Crippen LogP contribution in [0.25, 0.3) is 11.5 Å². The van der Waals surface area contributed by atoms with Gasteiger partial charge < -0.3 is 23.7 Å². The first-order valence-electron chi connectivity index (χ1n) is 10.5. The second-order valence-corrected chi connectivity index (χ2v) is 7.33. The molecule has 7 nitrogen and oxygen atoms in total. The van der Waals surface area contributed by atoms with Crippen LogP contribution in [-0.2, 0) is 0 Å². The van der Waals surface area contributed by atoms with Gasteiger partial charge >= 0.3 is 0 Å². The number of benzene rings is 2. The van der Waals surface area contributed by atoms with Crippen LogP contribution in [0.3, 0.4) is 0 Å². The van der Waals surface area contributed by atoms with E-state index in [4.69, 9.17) is 13.9 Å². The summed E-state index contributed by atoms with van der Waals surface area (Å²) >= 11 is 0. The van der Waals surface area contributed by atoms with E-state index >= 15 is 0 Å². The average Bonchev–Trinajstić information content (AvgIpc) is 3.28. The van der Waals surface area contributed by atoms with Crippen molar-refractivity contribution < 1.29 is 13.9 Å². The van der Waals surface area contributed by atoms with Crippen molar-refractivity contribution in [3.63, 3.8) is 0 Å². The third kappa shape index (κ3) is 4.58. The zero-order valence-electron chi connectivity index (χ0n) is 17.9. The summed E-state index contributed by atoms with van der Waals surface area (Å²) in [7, 11) is 1.67. The Hall–Kier alpha value is -3.66. The first-order valence-corrected chi connectivity index (χ1v) is 10.5. The lowest BCUT2D eigenvalue weighted by Crippen LogP contribution is -2.46. The van der Waals surface area contributed by atoms with Crippen LogP contribution in [0.2, 0.25) is 0 Å². The third-order valence-electron chi connectivity index (χ3n) is 5.29. The molecule has 7 heteroatoms. The summed E-state index contributed by atoms with van der Waals surface area (Å²) in [5.41, 5.74) is 2.30. The number of methoxy groups -OCH3 is 1. The van der Waals surface area contributed by atoms with Gasteiger partial charge in [0.1, 0.15) is 17.6 Å². The number of hydrogen-bond acceptors (Lipinski definition) is 7. The number of rotatable bonds is 7. The van der Waals surface area contributed by atoms with Gasteiger partial charge in [-0.25, -0.2) is 0 Å². The molecular weight excluding hydrogens is 392 g/mol. The Kier molecular flexibility index (Phi) is 6.27.